The number of nitrogens with one attached hydrogen (secondary N) is 1. The van der Waals surface area contributed by atoms with Crippen LogP contribution in [0.2, 0.25) is 0 Å². The van der Waals surface area contributed by atoms with E-state index >= 15 is 0 Å². The number of aryl methyl sites for hydroxylation is 1. The number of hydrogen-bond donors (Lipinski definition) is 2. The zero-order valence-corrected chi connectivity index (χ0v) is 13.4. The van der Waals surface area contributed by atoms with E-state index in [1.165, 1.54) is 0 Å². The fourth-order valence-corrected chi connectivity index (χ4v) is 1.93. The fraction of sp³-hybridized carbons (Fsp3) is 0.471. The summed E-state index contributed by atoms with van der Waals surface area (Å²) in [6.07, 6.45) is 0.911. The molecule has 0 saturated carbocycles. The van der Waals surface area contributed by atoms with Crippen LogP contribution in [0.25, 0.3) is 0 Å². The second kappa shape index (κ2) is 8.46. The van der Waals surface area contributed by atoms with Crippen LogP contribution in [0.4, 0.5) is 0 Å². The van der Waals surface area contributed by atoms with Crippen LogP contribution in [0.15, 0.2) is 18.2 Å². The molecule has 21 heavy (non-hydrogen) atoms. The minimum atomic E-state index is -0.0809. The normalized spacial score (nSPS) is 11.7. The van der Waals surface area contributed by atoms with Crippen molar-refractivity contribution in [1.82, 2.24) is 10.2 Å². The zero-order valence-electron chi connectivity index (χ0n) is 13.4. The summed E-state index contributed by atoms with van der Waals surface area (Å²) in [5.74, 6) is 5.70. The summed E-state index contributed by atoms with van der Waals surface area (Å²) in [5.41, 5.74) is 7.83. The molecule has 0 heterocycles. The topological polar surface area (TPSA) is 58.4 Å². The molecule has 0 bridgehead atoms. The Balaban J connectivity index is 2.82. The zero-order chi connectivity index (χ0) is 15.8. The average Bonchev–Trinajstić information content (AvgIpc) is 2.42. The van der Waals surface area contributed by atoms with Gasteiger partial charge in [-0.3, -0.25) is 4.79 Å². The maximum atomic E-state index is 12.4. The first kappa shape index (κ1) is 17.2. The van der Waals surface area contributed by atoms with Crippen molar-refractivity contribution in [2.24, 2.45) is 5.73 Å². The summed E-state index contributed by atoms with van der Waals surface area (Å²) >= 11 is 0. The van der Waals surface area contributed by atoms with E-state index in [1.54, 1.807) is 0 Å². The van der Waals surface area contributed by atoms with E-state index in [0.29, 0.717) is 5.56 Å². The number of rotatable bonds is 5. The van der Waals surface area contributed by atoms with Gasteiger partial charge in [-0.05, 0) is 58.6 Å². The highest BCUT2D eigenvalue weighted by molar-refractivity contribution is 5.97. The van der Waals surface area contributed by atoms with Crippen molar-refractivity contribution >= 4 is 5.91 Å². The molecule has 0 saturated heterocycles. The molecule has 0 radical (unpaired) electrons. The molecule has 3 N–H and O–H groups in total. The van der Waals surface area contributed by atoms with Crippen molar-refractivity contribution in [3.63, 3.8) is 0 Å². The molecule has 1 amide bonds. The molecule has 0 aromatic heterocycles. The lowest BCUT2D eigenvalue weighted by Crippen LogP contribution is -2.35. The van der Waals surface area contributed by atoms with E-state index in [1.807, 2.05) is 46.1 Å². The highest BCUT2D eigenvalue weighted by Crippen LogP contribution is 2.11. The lowest BCUT2D eigenvalue weighted by molar-refractivity contribution is 0.0936. The molecule has 1 atom stereocenters. The number of carbonyl (C=O) groups excluding carboxylic acids is 1. The van der Waals surface area contributed by atoms with Gasteiger partial charge in [0, 0.05) is 11.6 Å². The van der Waals surface area contributed by atoms with Crippen molar-refractivity contribution in [3.8, 4) is 11.8 Å². The first-order chi connectivity index (χ1) is 9.93. The second-order valence-electron chi connectivity index (χ2n) is 5.52. The Hall–Kier alpha value is -1.83. The number of carbonyl (C=O) groups is 1. The number of nitrogens with two attached hydrogens (primary N) is 1. The minimum Gasteiger partial charge on any atom is -0.349 e. The van der Waals surface area contributed by atoms with Crippen molar-refractivity contribution in [2.45, 2.75) is 26.3 Å². The van der Waals surface area contributed by atoms with Crippen molar-refractivity contribution in [3.05, 3.63) is 34.9 Å². The molecule has 1 aromatic carbocycles. The van der Waals surface area contributed by atoms with E-state index < -0.39 is 0 Å². The Morgan fingerprint density at radius 2 is 2.14 bits per heavy atom. The van der Waals surface area contributed by atoms with Gasteiger partial charge in [-0.1, -0.05) is 17.9 Å². The summed E-state index contributed by atoms with van der Waals surface area (Å²) in [4.78, 5) is 14.5. The third kappa shape index (κ3) is 5.99. The van der Waals surface area contributed by atoms with Gasteiger partial charge in [-0.15, -0.1) is 0 Å². The Labute approximate surface area is 127 Å². The summed E-state index contributed by atoms with van der Waals surface area (Å²) in [5, 5.41) is 3.02. The van der Waals surface area contributed by atoms with Crippen LogP contribution < -0.4 is 11.1 Å². The molecule has 0 spiro atoms. The quantitative estimate of drug-likeness (QED) is 0.804. The minimum absolute atomic E-state index is 0.0809. The van der Waals surface area contributed by atoms with Gasteiger partial charge < -0.3 is 16.0 Å². The maximum Gasteiger partial charge on any atom is 0.252 e. The van der Waals surface area contributed by atoms with E-state index in [4.69, 9.17) is 5.73 Å². The molecule has 0 aliphatic carbocycles. The van der Waals surface area contributed by atoms with Crippen LogP contribution in [0.5, 0.6) is 0 Å². The molecule has 1 aromatic rings. The van der Waals surface area contributed by atoms with Crippen LogP contribution in [0, 0.1) is 18.8 Å². The van der Waals surface area contributed by atoms with Crippen LogP contribution in [0.1, 0.15) is 34.8 Å². The predicted molar refractivity (Wildman–Crippen MR) is 87.2 cm³/mol. The van der Waals surface area contributed by atoms with E-state index in [-0.39, 0.29) is 18.5 Å². The van der Waals surface area contributed by atoms with Gasteiger partial charge in [0.05, 0.1) is 12.1 Å². The van der Waals surface area contributed by atoms with E-state index in [0.717, 1.165) is 24.1 Å². The number of benzene rings is 1. The molecule has 0 aliphatic rings. The Bertz CT molecular complexity index is 541. The SMILES string of the molecule is Cc1ccc(C(=O)NC(C)CCN(C)C)c(C#CCN)c1. The van der Waals surface area contributed by atoms with Crippen molar-refractivity contribution in [2.75, 3.05) is 27.2 Å². The summed E-state index contributed by atoms with van der Waals surface area (Å²) in [6, 6.07) is 5.79. The Morgan fingerprint density at radius 3 is 2.76 bits per heavy atom. The van der Waals surface area contributed by atoms with Gasteiger partial charge in [0.25, 0.3) is 5.91 Å². The molecule has 114 valence electrons. The average molecular weight is 287 g/mol. The van der Waals surface area contributed by atoms with Crippen molar-refractivity contribution < 1.29 is 4.79 Å². The lowest BCUT2D eigenvalue weighted by atomic mass is 10.0. The predicted octanol–water partition coefficient (Wildman–Crippen LogP) is 1.38. The smallest absolute Gasteiger partial charge is 0.252 e. The maximum absolute atomic E-state index is 12.4. The van der Waals surface area contributed by atoms with Crippen LogP contribution >= 0.6 is 0 Å². The summed E-state index contributed by atoms with van der Waals surface area (Å²) in [6.45, 7) is 5.22. The summed E-state index contributed by atoms with van der Waals surface area (Å²) < 4.78 is 0. The third-order valence-electron chi connectivity index (χ3n) is 3.13. The van der Waals surface area contributed by atoms with Gasteiger partial charge in [-0.2, -0.15) is 0 Å². The standard InChI is InChI=1S/C17H25N3O/c1-13-7-8-16(15(12-13)6-5-10-18)17(21)19-14(2)9-11-20(3)4/h7-8,12,14H,9-11,18H2,1-4H3,(H,19,21). The monoisotopic (exact) mass is 287 g/mol. The second-order valence-corrected chi connectivity index (χ2v) is 5.52. The molecule has 4 nitrogen and oxygen atoms in total. The Morgan fingerprint density at radius 1 is 1.43 bits per heavy atom. The van der Waals surface area contributed by atoms with E-state index in [2.05, 4.69) is 22.1 Å². The summed E-state index contributed by atoms with van der Waals surface area (Å²) in [7, 11) is 4.05. The van der Waals surface area contributed by atoms with E-state index in [9.17, 15) is 4.79 Å². The lowest BCUT2D eigenvalue weighted by Gasteiger charge is -2.17. The molecule has 0 fully saturated rings. The third-order valence-corrected chi connectivity index (χ3v) is 3.13. The number of hydrogen-bond acceptors (Lipinski definition) is 3. The van der Waals surface area contributed by atoms with Crippen LogP contribution in [0.3, 0.4) is 0 Å². The fourth-order valence-electron chi connectivity index (χ4n) is 1.93. The molecule has 1 unspecified atom stereocenters. The Kier molecular flexibility index (Phi) is 6.93. The van der Waals surface area contributed by atoms with Crippen LogP contribution in [-0.2, 0) is 0 Å². The van der Waals surface area contributed by atoms with Gasteiger partial charge in [0.1, 0.15) is 0 Å². The number of amides is 1. The number of nitrogens with zero attached hydrogens (tertiary/aromatic N) is 1. The molecule has 1 rings (SSSR count). The molecular formula is C17H25N3O. The first-order valence-corrected chi connectivity index (χ1v) is 7.19. The van der Waals surface area contributed by atoms with Gasteiger partial charge >= 0.3 is 0 Å². The largest absolute Gasteiger partial charge is 0.349 e. The molecule has 4 heteroatoms. The van der Waals surface area contributed by atoms with Gasteiger partial charge in [-0.25, -0.2) is 0 Å². The van der Waals surface area contributed by atoms with Crippen molar-refractivity contribution in [1.29, 1.82) is 0 Å². The molecule has 0 aliphatic heterocycles. The van der Waals surface area contributed by atoms with Gasteiger partial charge in [0.2, 0.25) is 0 Å². The van der Waals surface area contributed by atoms with Crippen LogP contribution in [-0.4, -0.2) is 44.0 Å². The molecular weight excluding hydrogens is 262 g/mol. The van der Waals surface area contributed by atoms with Gasteiger partial charge in [0.15, 0.2) is 0 Å². The first-order valence-electron chi connectivity index (χ1n) is 7.19. The highest BCUT2D eigenvalue weighted by Gasteiger charge is 2.13. The highest BCUT2D eigenvalue weighted by atomic mass is 16.1.